The molecule has 0 fully saturated rings. The number of hydrogen-bond donors (Lipinski definition) is 1. The van der Waals surface area contributed by atoms with Crippen LogP contribution in [0.5, 0.6) is 0 Å². The van der Waals surface area contributed by atoms with Gasteiger partial charge in [0.15, 0.2) is 0 Å². The number of rotatable bonds is 15. The fourth-order valence-electron chi connectivity index (χ4n) is 4.42. The average molecular weight is 606 g/mol. The molecule has 4 rings (SSSR count). The summed E-state index contributed by atoms with van der Waals surface area (Å²) in [6, 6.07) is 14.4. The van der Waals surface area contributed by atoms with Crippen LogP contribution in [0.3, 0.4) is 0 Å². The van der Waals surface area contributed by atoms with Gasteiger partial charge in [-0.3, -0.25) is 19.5 Å². The summed E-state index contributed by atoms with van der Waals surface area (Å²) in [6.45, 7) is 8.05. The first-order chi connectivity index (χ1) is 20.6. The molecule has 0 saturated carbocycles. The van der Waals surface area contributed by atoms with Crippen LogP contribution in [0, 0.1) is 5.82 Å². The fourth-order valence-corrected chi connectivity index (χ4v) is 5.18. The Morgan fingerprint density at radius 1 is 1.00 bits per heavy atom. The van der Waals surface area contributed by atoms with Gasteiger partial charge in [-0.15, -0.1) is 0 Å². The van der Waals surface area contributed by atoms with Crippen molar-refractivity contribution in [3.63, 3.8) is 0 Å². The van der Waals surface area contributed by atoms with Crippen molar-refractivity contribution in [2.75, 3.05) is 19.0 Å². The van der Waals surface area contributed by atoms with Gasteiger partial charge >= 0.3 is 5.97 Å². The molecule has 9 nitrogen and oxygen atoms in total. The van der Waals surface area contributed by atoms with E-state index in [0.29, 0.717) is 43.4 Å². The highest BCUT2D eigenvalue weighted by Gasteiger charge is 2.16. The first-order valence-corrected chi connectivity index (χ1v) is 18.2. The maximum absolute atomic E-state index is 13.6. The number of methoxy groups -OCH3 is 1. The molecule has 2 aromatic heterocycles. The number of esters is 1. The summed E-state index contributed by atoms with van der Waals surface area (Å²) < 4.78 is 27.6. The standard InChI is InChI=1S/C32H40FN5O4Si/c1-41-30(39)12-7-5-6-11-28-22-38(29-15-13-27(33)14-16-29)32(35-28)36-31(40)25-10-8-9-24(19-25)26-20-34-37(21-26)23-42-17-18-43(2,3)4/h8-10,13-16,19-22H,5-7,11-12,17-18,23H2,1-4H3,(H,35,36,40). The molecule has 2 aromatic carbocycles. The molecular formula is C32H40FN5O4Si. The molecule has 0 aliphatic rings. The maximum Gasteiger partial charge on any atom is 0.305 e. The molecule has 228 valence electrons. The third-order valence-electron chi connectivity index (χ3n) is 6.94. The van der Waals surface area contributed by atoms with E-state index in [-0.39, 0.29) is 17.7 Å². The molecular weight excluding hydrogens is 565 g/mol. The first kappa shape index (κ1) is 31.8. The van der Waals surface area contributed by atoms with Crippen LogP contribution in [0.2, 0.25) is 25.7 Å². The molecule has 1 amide bonds. The minimum absolute atomic E-state index is 0.217. The van der Waals surface area contributed by atoms with Crippen molar-refractivity contribution in [3.05, 3.63) is 84.2 Å². The highest BCUT2D eigenvalue weighted by molar-refractivity contribution is 6.76. The van der Waals surface area contributed by atoms with Gasteiger partial charge in [0.05, 0.1) is 19.0 Å². The maximum atomic E-state index is 13.6. The lowest BCUT2D eigenvalue weighted by molar-refractivity contribution is -0.140. The number of carbonyl (C=O) groups is 2. The van der Waals surface area contributed by atoms with Gasteiger partial charge < -0.3 is 9.47 Å². The Morgan fingerprint density at radius 3 is 2.53 bits per heavy atom. The summed E-state index contributed by atoms with van der Waals surface area (Å²) in [5, 5.41) is 7.35. The number of aryl methyl sites for hydroxylation is 1. The number of benzene rings is 2. The van der Waals surface area contributed by atoms with E-state index < -0.39 is 8.07 Å². The lowest BCUT2D eigenvalue weighted by Gasteiger charge is -2.15. The molecule has 4 aromatic rings. The zero-order chi connectivity index (χ0) is 30.8. The Labute approximate surface area is 253 Å². The second kappa shape index (κ2) is 14.9. The highest BCUT2D eigenvalue weighted by Crippen LogP contribution is 2.23. The van der Waals surface area contributed by atoms with Crippen LogP contribution in [-0.2, 0) is 27.4 Å². The number of ether oxygens (including phenoxy) is 2. The summed E-state index contributed by atoms with van der Waals surface area (Å²) in [7, 11) is 0.232. The summed E-state index contributed by atoms with van der Waals surface area (Å²) in [5.41, 5.74) is 3.66. The summed E-state index contributed by atoms with van der Waals surface area (Å²) in [5.74, 6) is -0.540. The van der Waals surface area contributed by atoms with Crippen molar-refractivity contribution in [1.82, 2.24) is 19.3 Å². The average Bonchev–Trinajstić information content (AvgIpc) is 3.62. The lowest BCUT2D eigenvalue weighted by Crippen LogP contribution is -2.22. The smallest absolute Gasteiger partial charge is 0.305 e. The normalized spacial score (nSPS) is 11.5. The Hall–Kier alpha value is -4.09. The molecule has 0 radical (unpaired) electrons. The zero-order valence-electron chi connectivity index (χ0n) is 25.3. The van der Waals surface area contributed by atoms with Gasteiger partial charge in [0.2, 0.25) is 5.95 Å². The van der Waals surface area contributed by atoms with Crippen LogP contribution in [0.1, 0.15) is 41.7 Å². The predicted octanol–water partition coefficient (Wildman–Crippen LogP) is 6.72. The molecule has 1 N–H and O–H groups in total. The predicted molar refractivity (Wildman–Crippen MR) is 167 cm³/mol. The first-order valence-electron chi connectivity index (χ1n) is 14.5. The van der Waals surface area contributed by atoms with E-state index in [9.17, 15) is 14.0 Å². The second-order valence-corrected chi connectivity index (χ2v) is 17.3. The molecule has 0 aliphatic heterocycles. The number of unbranched alkanes of at least 4 members (excludes halogenated alkanes) is 2. The van der Waals surface area contributed by atoms with Crippen LogP contribution in [0.15, 0.2) is 67.1 Å². The SMILES string of the molecule is COC(=O)CCCCCc1cn(-c2ccc(F)cc2)c(NC(=O)c2cccc(-c3cnn(COCC[Si](C)(C)C)c3)c2)n1. The Bertz CT molecular complexity index is 1510. The van der Waals surface area contributed by atoms with Crippen LogP contribution >= 0.6 is 0 Å². The minimum atomic E-state index is -1.15. The number of carbonyl (C=O) groups excluding carboxylic acids is 2. The van der Waals surface area contributed by atoms with Crippen molar-refractivity contribution in [1.29, 1.82) is 0 Å². The molecule has 0 spiro atoms. The number of anilines is 1. The number of nitrogens with one attached hydrogen (secondary N) is 1. The van der Waals surface area contributed by atoms with Gasteiger partial charge in [0.1, 0.15) is 12.5 Å². The number of amides is 1. The van der Waals surface area contributed by atoms with Crippen LogP contribution < -0.4 is 5.32 Å². The van der Waals surface area contributed by atoms with Crippen LogP contribution in [0.4, 0.5) is 10.3 Å². The number of nitrogens with zero attached hydrogens (tertiary/aromatic N) is 4. The van der Waals surface area contributed by atoms with E-state index in [0.717, 1.165) is 42.1 Å². The number of imidazole rings is 1. The third-order valence-corrected chi connectivity index (χ3v) is 8.64. The molecule has 0 unspecified atom stereocenters. The van der Waals surface area contributed by atoms with Gasteiger partial charge in [0, 0.05) is 50.3 Å². The molecule has 0 atom stereocenters. The van der Waals surface area contributed by atoms with Gasteiger partial charge in [-0.1, -0.05) is 38.2 Å². The Morgan fingerprint density at radius 2 is 1.79 bits per heavy atom. The topological polar surface area (TPSA) is 100 Å². The Kier molecular flexibility index (Phi) is 11.0. The fraction of sp³-hybridized carbons (Fsp3) is 0.375. The van der Waals surface area contributed by atoms with Crippen molar-refractivity contribution >= 4 is 25.9 Å². The van der Waals surface area contributed by atoms with Crippen molar-refractivity contribution in [2.24, 2.45) is 0 Å². The van der Waals surface area contributed by atoms with Crippen molar-refractivity contribution < 1.29 is 23.5 Å². The van der Waals surface area contributed by atoms with Crippen LogP contribution in [0.25, 0.3) is 16.8 Å². The number of hydrogen-bond acceptors (Lipinski definition) is 6. The number of aromatic nitrogens is 4. The second-order valence-electron chi connectivity index (χ2n) is 11.7. The third kappa shape index (κ3) is 9.72. The molecule has 43 heavy (non-hydrogen) atoms. The van der Waals surface area contributed by atoms with Crippen LogP contribution in [-0.4, -0.2) is 53.0 Å². The largest absolute Gasteiger partial charge is 0.469 e. The lowest BCUT2D eigenvalue weighted by atomic mass is 10.1. The van der Waals surface area contributed by atoms with E-state index in [1.807, 2.05) is 30.6 Å². The molecule has 0 bridgehead atoms. The van der Waals surface area contributed by atoms with Crippen molar-refractivity contribution in [2.45, 2.75) is 64.5 Å². The van der Waals surface area contributed by atoms with Gasteiger partial charge in [-0.2, -0.15) is 5.10 Å². The van der Waals surface area contributed by atoms with E-state index in [1.54, 1.807) is 33.6 Å². The highest BCUT2D eigenvalue weighted by atomic mass is 28.3. The van der Waals surface area contributed by atoms with E-state index in [1.165, 1.54) is 19.2 Å². The molecule has 2 heterocycles. The quantitative estimate of drug-likeness (QED) is 0.0918. The van der Waals surface area contributed by atoms with Gasteiger partial charge in [-0.25, -0.2) is 14.1 Å². The van der Waals surface area contributed by atoms with Gasteiger partial charge in [-0.05, 0) is 67.3 Å². The minimum Gasteiger partial charge on any atom is -0.469 e. The zero-order valence-corrected chi connectivity index (χ0v) is 26.3. The molecule has 11 heteroatoms. The summed E-state index contributed by atoms with van der Waals surface area (Å²) >= 11 is 0. The molecule has 0 aliphatic carbocycles. The van der Waals surface area contributed by atoms with E-state index >= 15 is 0 Å². The Balaban J connectivity index is 1.44. The number of halogens is 1. The van der Waals surface area contributed by atoms with E-state index in [2.05, 4.69) is 35.0 Å². The van der Waals surface area contributed by atoms with Crippen molar-refractivity contribution in [3.8, 4) is 16.8 Å². The van der Waals surface area contributed by atoms with Gasteiger partial charge in [0.25, 0.3) is 5.91 Å². The van der Waals surface area contributed by atoms with E-state index in [4.69, 9.17) is 9.47 Å². The monoisotopic (exact) mass is 605 g/mol. The summed E-state index contributed by atoms with van der Waals surface area (Å²) in [6.07, 6.45) is 8.96. The molecule has 0 saturated heterocycles. The summed E-state index contributed by atoms with van der Waals surface area (Å²) in [4.78, 5) is 29.4.